The van der Waals surface area contributed by atoms with Crippen LogP contribution in [0.5, 0.6) is 0 Å². The van der Waals surface area contributed by atoms with E-state index in [1.54, 1.807) is 0 Å². The van der Waals surface area contributed by atoms with Gasteiger partial charge in [0.05, 0.1) is 12.5 Å². The molecule has 72 valence electrons. The molecule has 0 amide bonds. The average molecular weight is 205 g/mol. The SMILES string of the molecule is O=C(O)CNS(=O)(=O)c1cnc[nH]1. The number of sulfonamides is 1. The fourth-order valence-corrected chi connectivity index (χ4v) is 1.50. The third-order valence-electron chi connectivity index (χ3n) is 1.18. The van der Waals surface area contributed by atoms with E-state index in [4.69, 9.17) is 5.11 Å². The quantitative estimate of drug-likeness (QED) is 0.570. The summed E-state index contributed by atoms with van der Waals surface area (Å²) in [6.07, 6.45) is 2.28. The van der Waals surface area contributed by atoms with Crippen molar-refractivity contribution in [1.82, 2.24) is 14.7 Å². The first-order chi connectivity index (χ1) is 6.02. The predicted octanol–water partition coefficient (Wildman–Crippen LogP) is -1.23. The van der Waals surface area contributed by atoms with Crippen molar-refractivity contribution in [1.29, 1.82) is 0 Å². The maximum absolute atomic E-state index is 11.2. The highest BCUT2D eigenvalue weighted by molar-refractivity contribution is 7.89. The van der Waals surface area contributed by atoms with E-state index in [-0.39, 0.29) is 5.03 Å². The van der Waals surface area contributed by atoms with Gasteiger partial charge >= 0.3 is 5.97 Å². The first-order valence-electron chi connectivity index (χ1n) is 3.22. The minimum atomic E-state index is -3.76. The Morgan fingerprint density at radius 1 is 1.69 bits per heavy atom. The summed E-state index contributed by atoms with van der Waals surface area (Å²) in [5, 5.41) is 8.06. The fourth-order valence-electron chi connectivity index (χ4n) is 0.625. The molecule has 7 nitrogen and oxygen atoms in total. The molecule has 0 saturated carbocycles. The standard InChI is InChI=1S/C5H7N3O4S/c9-5(10)2-8-13(11,12)4-1-6-3-7-4/h1,3,8H,2H2,(H,6,7)(H,9,10). The molecule has 13 heavy (non-hydrogen) atoms. The maximum atomic E-state index is 11.2. The van der Waals surface area contributed by atoms with E-state index >= 15 is 0 Å². The van der Waals surface area contributed by atoms with E-state index in [2.05, 4.69) is 9.97 Å². The van der Waals surface area contributed by atoms with Gasteiger partial charge in [-0.1, -0.05) is 0 Å². The summed E-state index contributed by atoms with van der Waals surface area (Å²) in [5.41, 5.74) is 0. The van der Waals surface area contributed by atoms with Crippen LogP contribution in [0.1, 0.15) is 0 Å². The van der Waals surface area contributed by atoms with Crippen molar-refractivity contribution >= 4 is 16.0 Å². The molecule has 1 aromatic rings. The van der Waals surface area contributed by atoms with Crippen LogP contribution in [0.3, 0.4) is 0 Å². The number of imidazole rings is 1. The first kappa shape index (κ1) is 9.68. The van der Waals surface area contributed by atoms with Gasteiger partial charge in [0.25, 0.3) is 10.0 Å². The molecule has 1 aromatic heterocycles. The van der Waals surface area contributed by atoms with Gasteiger partial charge in [0, 0.05) is 0 Å². The van der Waals surface area contributed by atoms with E-state index in [1.807, 2.05) is 4.72 Å². The number of nitrogens with zero attached hydrogens (tertiary/aromatic N) is 1. The summed E-state index contributed by atoms with van der Waals surface area (Å²) >= 11 is 0. The molecule has 0 bridgehead atoms. The molecule has 8 heteroatoms. The second-order valence-corrected chi connectivity index (χ2v) is 3.87. The van der Waals surface area contributed by atoms with Crippen LogP contribution in [-0.4, -0.2) is 36.0 Å². The predicted molar refractivity (Wildman–Crippen MR) is 41.4 cm³/mol. The zero-order valence-electron chi connectivity index (χ0n) is 6.39. The normalized spacial score (nSPS) is 11.4. The molecule has 0 unspecified atom stereocenters. The van der Waals surface area contributed by atoms with Gasteiger partial charge in [-0.3, -0.25) is 4.79 Å². The van der Waals surface area contributed by atoms with Gasteiger partial charge in [0.1, 0.15) is 6.54 Å². The number of carboxylic acids is 1. The maximum Gasteiger partial charge on any atom is 0.318 e. The van der Waals surface area contributed by atoms with E-state index < -0.39 is 22.5 Å². The van der Waals surface area contributed by atoms with Crippen molar-refractivity contribution in [3.05, 3.63) is 12.5 Å². The second kappa shape index (κ2) is 3.54. The highest BCUT2D eigenvalue weighted by Gasteiger charge is 2.15. The Hall–Kier alpha value is -1.41. The molecule has 0 aliphatic heterocycles. The van der Waals surface area contributed by atoms with Crippen LogP contribution < -0.4 is 4.72 Å². The second-order valence-electron chi connectivity index (χ2n) is 2.13. The Morgan fingerprint density at radius 3 is 2.85 bits per heavy atom. The Labute approximate surface area is 73.9 Å². The van der Waals surface area contributed by atoms with Crippen LogP contribution in [0.2, 0.25) is 0 Å². The number of aromatic nitrogens is 2. The Balaban J connectivity index is 2.74. The minimum Gasteiger partial charge on any atom is -0.480 e. The molecule has 0 spiro atoms. The number of hydrogen-bond donors (Lipinski definition) is 3. The van der Waals surface area contributed by atoms with Crippen LogP contribution in [0, 0.1) is 0 Å². The number of H-pyrrole nitrogens is 1. The molecule has 1 rings (SSSR count). The lowest BCUT2D eigenvalue weighted by atomic mass is 10.7. The summed E-state index contributed by atoms with van der Waals surface area (Å²) in [6.45, 7) is -0.651. The van der Waals surface area contributed by atoms with Crippen molar-refractivity contribution < 1.29 is 18.3 Å². The summed E-state index contributed by atoms with van der Waals surface area (Å²) in [7, 11) is -3.76. The fraction of sp³-hybridized carbons (Fsp3) is 0.200. The van der Waals surface area contributed by atoms with Gasteiger partial charge < -0.3 is 10.1 Å². The summed E-state index contributed by atoms with van der Waals surface area (Å²) in [6, 6.07) is 0. The van der Waals surface area contributed by atoms with Crippen molar-refractivity contribution in [2.75, 3.05) is 6.54 Å². The largest absolute Gasteiger partial charge is 0.480 e. The molecule has 0 fully saturated rings. The smallest absolute Gasteiger partial charge is 0.318 e. The van der Waals surface area contributed by atoms with E-state index in [1.165, 1.54) is 6.33 Å². The molecular formula is C5H7N3O4S. The van der Waals surface area contributed by atoms with Crippen LogP contribution in [0.4, 0.5) is 0 Å². The molecule has 0 saturated heterocycles. The summed E-state index contributed by atoms with van der Waals surface area (Å²) in [5.74, 6) is -1.25. The molecule has 0 aliphatic rings. The minimum absolute atomic E-state index is 0.159. The van der Waals surface area contributed by atoms with Gasteiger partial charge in [-0.15, -0.1) is 0 Å². The monoisotopic (exact) mass is 205 g/mol. The Bertz CT molecular complexity index is 382. The summed E-state index contributed by atoms with van der Waals surface area (Å²) in [4.78, 5) is 15.9. The first-order valence-corrected chi connectivity index (χ1v) is 4.70. The number of rotatable bonds is 4. The van der Waals surface area contributed by atoms with E-state index in [9.17, 15) is 13.2 Å². The van der Waals surface area contributed by atoms with E-state index in [0.29, 0.717) is 0 Å². The molecule has 0 aliphatic carbocycles. The molecule has 0 atom stereocenters. The number of aliphatic carboxylic acids is 1. The van der Waals surface area contributed by atoms with Crippen LogP contribution in [-0.2, 0) is 14.8 Å². The lowest BCUT2D eigenvalue weighted by Gasteiger charge is -1.99. The number of carbonyl (C=O) groups is 1. The van der Waals surface area contributed by atoms with Crippen molar-refractivity contribution in [2.24, 2.45) is 0 Å². The van der Waals surface area contributed by atoms with Gasteiger partial charge in [-0.25, -0.2) is 13.4 Å². The van der Waals surface area contributed by atoms with Gasteiger partial charge in [0.2, 0.25) is 0 Å². The van der Waals surface area contributed by atoms with Crippen LogP contribution in [0.15, 0.2) is 17.6 Å². The van der Waals surface area contributed by atoms with Gasteiger partial charge in [0.15, 0.2) is 5.03 Å². The topological polar surface area (TPSA) is 112 Å². The van der Waals surface area contributed by atoms with Gasteiger partial charge in [-0.05, 0) is 0 Å². The highest BCUT2D eigenvalue weighted by Crippen LogP contribution is 2.00. The van der Waals surface area contributed by atoms with Crippen molar-refractivity contribution in [2.45, 2.75) is 5.03 Å². The zero-order chi connectivity index (χ0) is 9.90. The average Bonchev–Trinajstić information content (AvgIpc) is 2.53. The molecule has 0 aromatic carbocycles. The molecule has 0 radical (unpaired) electrons. The summed E-state index contributed by atoms with van der Waals surface area (Å²) < 4.78 is 24.2. The number of carboxylic acid groups (broad SMARTS) is 1. The molecule has 1 heterocycles. The third kappa shape index (κ3) is 2.53. The van der Waals surface area contributed by atoms with Crippen LogP contribution >= 0.6 is 0 Å². The van der Waals surface area contributed by atoms with Crippen molar-refractivity contribution in [3.8, 4) is 0 Å². The zero-order valence-corrected chi connectivity index (χ0v) is 7.21. The number of hydrogen-bond acceptors (Lipinski definition) is 4. The van der Waals surface area contributed by atoms with Crippen LogP contribution in [0.25, 0.3) is 0 Å². The van der Waals surface area contributed by atoms with Crippen molar-refractivity contribution in [3.63, 3.8) is 0 Å². The highest BCUT2D eigenvalue weighted by atomic mass is 32.2. The Morgan fingerprint density at radius 2 is 2.38 bits per heavy atom. The lowest BCUT2D eigenvalue weighted by molar-refractivity contribution is -0.135. The molecule has 3 N–H and O–H groups in total. The Kier molecular flexibility index (Phi) is 2.63. The lowest BCUT2D eigenvalue weighted by Crippen LogP contribution is -2.29. The third-order valence-corrected chi connectivity index (χ3v) is 2.50. The number of aromatic amines is 1. The number of nitrogens with one attached hydrogen (secondary N) is 2. The van der Waals surface area contributed by atoms with Gasteiger partial charge in [-0.2, -0.15) is 4.72 Å². The van der Waals surface area contributed by atoms with E-state index in [0.717, 1.165) is 6.20 Å². The molecular weight excluding hydrogens is 198 g/mol.